The number of aromatic amines is 1. The summed E-state index contributed by atoms with van der Waals surface area (Å²) in [6.45, 7) is 4.04. The molecule has 20 heavy (non-hydrogen) atoms. The molecule has 2 aromatic rings. The summed E-state index contributed by atoms with van der Waals surface area (Å²) in [5, 5.41) is 14.2. The van der Waals surface area contributed by atoms with Crippen LogP contribution in [0.5, 0.6) is 0 Å². The van der Waals surface area contributed by atoms with E-state index in [0.717, 1.165) is 30.7 Å². The Morgan fingerprint density at radius 2 is 2.40 bits per heavy atom. The molecule has 3 rings (SSSR count). The number of hydrogen-bond acceptors (Lipinski definition) is 5. The molecule has 106 valence electrons. The van der Waals surface area contributed by atoms with Gasteiger partial charge in [-0.3, -0.25) is 9.89 Å². The van der Waals surface area contributed by atoms with Crippen molar-refractivity contribution in [2.75, 3.05) is 0 Å². The first-order valence-corrected chi connectivity index (χ1v) is 7.56. The van der Waals surface area contributed by atoms with Crippen LogP contribution in [0, 0.1) is 0 Å². The highest BCUT2D eigenvalue weighted by atomic mass is 32.1. The molecule has 0 aromatic carbocycles. The smallest absolute Gasteiger partial charge is 0.265 e. The van der Waals surface area contributed by atoms with Crippen LogP contribution in [0.25, 0.3) is 0 Å². The Labute approximate surface area is 121 Å². The molecular weight excluding hydrogens is 274 g/mol. The molecule has 0 saturated heterocycles. The van der Waals surface area contributed by atoms with E-state index in [1.165, 1.54) is 17.1 Å². The van der Waals surface area contributed by atoms with Crippen molar-refractivity contribution >= 4 is 17.4 Å². The number of carbonyl (C=O) groups is 1. The molecule has 1 atom stereocenters. The van der Waals surface area contributed by atoms with Crippen LogP contribution in [0.15, 0.2) is 6.20 Å². The summed E-state index contributed by atoms with van der Waals surface area (Å²) in [5.41, 5.74) is 3.18. The maximum atomic E-state index is 12.3. The summed E-state index contributed by atoms with van der Waals surface area (Å²) >= 11 is 1.17. The molecule has 0 radical (unpaired) electrons. The molecule has 7 heteroatoms. The highest BCUT2D eigenvalue weighted by Crippen LogP contribution is 2.22. The Bertz CT molecular complexity index is 618. The maximum Gasteiger partial charge on any atom is 0.265 e. The van der Waals surface area contributed by atoms with E-state index < -0.39 is 0 Å². The minimum atomic E-state index is -0.0586. The minimum absolute atomic E-state index is 0.0586. The van der Waals surface area contributed by atoms with Gasteiger partial charge >= 0.3 is 0 Å². The SMILES string of the molecule is CC(C)c1nnsc1C(=O)N[C@@H]1CCc2cn[nH]c2C1. The summed E-state index contributed by atoms with van der Waals surface area (Å²) in [4.78, 5) is 13.0. The van der Waals surface area contributed by atoms with Crippen molar-refractivity contribution < 1.29 is 4.79 Å². The lowest BCUT2D eigenvalue weighted by Crippen LogP contribution is -2.38. The van der Waals surface area contributed by atoms with E-state index in [1.54, 1.807) is 0 Å². The zero-order valence-electron chi connectivity index (χ0n) is 11.5. The third kappa shape index (κ3) is 2.45. The van der Waals surface area contributed by atoms with Crippen LogP contribution >= 0.6 is 11.5 Å². The first-order chi connectivity index (χ1) is 9.65. The van der Waals surface area contributed by atoms with E-state index >= 15 is 0 Å². The van der Waals surface area contributed by atoms with Gasteiger partial charge < -0.3 is 5.32 Å². The van der Waals surface area contributed by atoms with Gasteiger partial charge in [0.25, 0.3) is 5.91 Å². The fraction of sp³-hybridized carbons (Fsp3) is 0.538. The molecule has 0 fully saturated rings. The fourth-order valence-electron chi connectivity index (χ4n) is 2.52. The Morgan fingerprint density at radius 1 is 1.55 bits per heavy atom. The molecule has 0 aliphatic heterocycles. The lowest BCUT2D eigenvalue weighted by Gasteiger charge is -2.22. The van der Waals surface area contributed by atoms with E-state index in [9.17, 15) is 4.79 Å². The van der Waals surface area contributed by atoms with Crippen LogP contribution in [0.2, 0.25) is 0 Å². The second-order valence-corrected chi connectivity index (χ2v) is 6.18. The molecule has 1 amide bonds. The van der Waals surface area contributed by atoms with Gasteiger partial charge in [0, 0.05) is 18.2 Å². The van der Waals surface area contributed by atoms with Gasteiger partial charge in [0.05, 0.1) is 11.9 Å². The third-order valence-electron chi connectivity index (χ3n) is 3.62. The van der Waals surface area contributed by atoms with E-state index in [4.69, 9.17) is 0 Å². The molecule has 2 N–H and O–H groups in total. The monoisotopic (exact) mass is 291 g/mol. The van der Waals surface area contributed by atoms with Crippen molar-refractivity contribution in [2.24, 2.45) is 0 Å². The number of aryl methyl sites for hydroxylation is 1. The summed E-state index contributed by atoms with van der Waals surface area (Å²) in [5.74, 6) is 0.150. The number of nitrogens with one attached hydrogen (secondary N) is 2. The molecule has 0 bridgehead atoms. The van der Waals surface area contributed by atoms with Crippen molar-refractivity contribution in [3.63, 3.8) is 0 Å². The Morgan fingerprint density at radius 3 is 3.20 bits per heavy atom. The number of aromatic nitrogens is 4. The van der Waals surface area contributed by atoms with Crippen LogP contribution in [-0.4, -0.2) is 31.7 Å². The summed E-state index contributed by atoms with van der Waals surface area (Å²) in [7, 11) is 0. The zero-order valence-corrected chi connectivity index (χ0v) is 12.3. The fourth-order valence-corrected chi connectivity index (χ4v) is 3.24. The molecule has 0 unspecified atom stereocenters. The normalized spacial score (nSPS) is 18.1. The van der Waals surface area contributed by atoms with Crippen LogP contribution in [0.3, 0.4) is 0 Å². The highest BCUT2D eigenvalue weighted by Gasteiger charge is 2.25. The zero-order chi connectivity index (χ0) is 14.1. The number of amides is 1. The summed E-state index contributed by atoms with van der Waals surface area (Å²) in [6.07, 6.45) is 4.58. The lowest BCUT2D eigenvalue weighted by molar-refractivity contribution is 0.0936. The van der Waals surface area contributed by atoms with Crippen LogP contribution < -0.4 is 5.32 Å². The third-order valence-corrected chi connectivity index (χ3v) is 4.36. The lowest BCUT2D eigenvalue weighted by atomic mass is 9.93. The van der Waals surface area contributed by atoms with E-state index in [2.05, 4.69) is 25.1 Å². The second-order valence-electron chi connectivity index (χ2n) is 5.43. The van der Waals surface area contributed by atoms with Crippen molar-refractivity contribution in [3.05, 3.63) is 28.0 Å². The minimum Gasteiger partial charge on any atom is -0.348 e. The van der Waals surface area contributed by atoms with Gasteiger partial charge in [0.15, 0.2) is 0 Å². The average molecular weight is 291 g/mol. The van der Waals surface area contributed by atoms with Gasteiger partial charge in [-0.2, -0.15) is 5.10 Å². The highest BCUT2D eigenvalue weighted by molar-refractivity contribution is 7.08. The van der Waals surface area contributed by atoms with Crippen molar-refractivity contribution in [2.45, 2.75) is 45.1 Å². The van der Waals surface area contributed by atoms with Gasteiger partial charge in [-0.25, -0.2) is 0 Å². The Balaban J connectivity index is 1.69. The summed E-state index contributed by atoms with van der Waals surface area (Å²) in [6, 6.07) is 0.151. The first kappa shape index (κ1) is 13.2. The number of fused-ring (bicyclic) bond motifs is 1. The van der Waals surface area contributed by atoms with Crippen molar-refractivity contribution in [1.82, 2.24) is 25.1 Å². The number of nitrogens with zero attached hydrogens (tertiary/aromatic N) is 3. The standard InChI is InChI=1S/C13H17N5OS/c1-7(2)11-12(20-18-17-11)13(19)15-9-4-3-8-6-14-16-10(8)5-9/h6-7,9H,3-5H2,1-2H3,(H,14,16)(H,15,19)/t9-/m1/s1. The second kappa shape index (κ2) is 5.32. The van der Waals surface area contributed by atoms with Crippen molar-refractivity contribution in [1.29, 1.82) is 0 Å². The molecule has 0 spiro atoms. The number of hydrogen-bond donors (Lipinski definition) is 2. The van der Waals surface area contributed by atoms with Gasteiger partial charge in [-0.05, 0) is 35.9 Å². The quantitative estimate of drug-likeness (QED) is 0.901. The molecule has 6 nitrogen and oxygen atoms in total. The molecule has 2 heterocycles. The van der Waals surface area contributed by atoms with Crippen LogP contribution in [0.4, 0.5) is 0 Å². The van der Waals surface area contributed by atoms with Gasteiger partial charge in [-0.15, -0.1) is 5.10 Å². The number of rotatable bonds is 3. The Hall–Kier alpha value is -1.76. The topological polar surface area (TPSA) is 83.6 Å². The average Bonchev–Trinajstić information content (AvgIpc) is 3.06. The number of H-pyrrole nitrogens is 1. The predicted molar refractivity (Wildman–Crippen MR) is 75.9 cm³/mol. The van der Waals surface area contributed by atoms with Gasteiger partial charge in [0.1, 0.15) is 4.88 Å². The molecule has 1 aliphatic carbocycles. The maximum absolute atomic E-state index is 12.3. The van der Waals surface area contributed by atoms with E-state index in [1.807, 2.05) is 20.0 Å². The molecule has 2 aromatic heterocycles. The van der Waals surface area contributed by atoms with Crippen LogP contribution in [0.1, 0.15) is 52.8 Å². The Kier molecular flexibility index (Phi) is 3.52. The van der Waals surface area contributed by atoms with E-state index in [-0.39, 0.29) is 17.9 Å². The predicted octanol–water partition coefficient (Wildman–Crippen LogP) is 1.67. The molecular formula is C13H17N5OS. The van der Waals surface area contributed by atoms with E-state index in [0.29, 0.717) is 4.88 Å². The number of carbonyl (C=O) groups excluding carboxylic acids is 1. The van der Waals surface area contributed by atoms with Gasteiger partial charge in [-0.1, -0.05) is 18.3 Å². The molecule has 0 saturated carbocycles. The summed E-state index contributed by atoms with van der Waals surface area (Å²) < 4.78 is 3.90. The largest absolute Gasteiger partial charge is 0.348 e. The van der Waals surface area contributed by atoms with Gasteiger partial charge in [0.2, 0.25) is 0 Å². The first-order valence-electron chi connectivity index (χ1n) is 6.79. The molecule has 1 aliphatic rings. The van der Waals surface area contributed by atoms with Crippen LogP contribution in [-0.2, 0) is 12.8 Å². The van der Waals surface area contributed by atoms with Crippen molar-refractivity contribution in [3.8, 4) is 0 Å².